The number of benzene rings is 2. The van der Waals surface area contributed by atoms with Crippen molar-refractivity contribution in [2.45, 2.75) is 38.8 Å². The number of alkyl halides is 1. The van der Waals surface area contributed by atoms with E-state index in [1.807, 2.05) is 17.9 Å². The second kappa shape index (κ2) is 8.79. The Kier molecular flexibility index (Phi) is 5.60. The van der Waals surface area contributed by atoms with Crippen molar-refractivity contribution in [3.63, 3.8) is 0 Å². The van der Waals surface area contributed by atoms with Crippen LogP contribution in [0.15, 0.2) is 42.5 Å². The molecule has 1 aliphatic heterocycles. The molecule has 35 heavy (non-hydrogen) atoms. The number of hydrogen-bond donors (Lipinski definition) is 1. The largest absolute Gasteiger partial charge is 0.338 e. The van der Waals surface area contributed by atoms with E-state index in [-0.39, 0.29) is 11.9 Å². The summed E-state index contributed by atoms with van der Waals surface area (Å²) in [6.07, 6.45) is 3.40. The van der Waals surface area contributed by atoms with E-state index in [4.69, 9.17) is 4.98 Å². The molecule has 4 aromatic rings. The fourth-order valence-corrected chi connectivity index (χ4v) is 5.47. The molecule has 3 heterocycles. The van der Waals surface area contributed by atoms with E-state index in [1.54, 1.807) is 0 Å². The Bertz CT molecular complexity index is 1420. The van der Waals surface area contributed by atoms with Crippen LogP contribution in [0.4, 0.5) is 4.39 Å². The number of hydrogen-bond acceptors (Lipinski definition) is 3. The van der Waals surface area contributed by atoms with Gasteiger partial charge < -0.3 is 19.4 Å². The molecule has 6 rings (SSSR count). The van der Waals surface area contributed by atoms with Crippen molar-refractivity contribution in [1.29, 1.82) is 0 Å². The zero-order valence-electron chi connectivity index (χ0n) is 20.4. The summed E-state index contributed by atoms with van der Waals surface area (Å²) < 4.78 is 17.1. The normalized spacial score (nSPS) is 16.9. The van der Waals surface area contributed by atoms with Crippen LogP contribution in [0.1, 0.15) is 35.7 Å². The molecule has 0 radical (unpaired) electrons. The summed E-state index contributed by atoms with van der Waals surface area (Å²) in [7, 11) is 2.07. The standard InChI is InChI=1S/C28H32FN5O/c1-18(30-11-10-29)16-33-12-9-20-13-25-23(15-22(20)28(33)35)31-27(32(25)2)26-14-21-5-3-4-6-24(21)34(26)17-19-7-8-19/h3-6,13-15,18-19,30H,7-12,16-17H2,1-2H3/t18-/m1/s1. The molecule has 7 heteroatoms. The van der Waals surface area contributed by atoms with Gasteiger partial charge in [-0.25, -0.2) is 9.37 Å². The highest BCUT2D eigenvalue weighted by Gasteiger charge is 2.28. The van der Waals surface area contributed by atoms with Crippen LogP contribution in [0.25, 0.3) is 33.5 Å². The molecule has 182 valence electrons. The predicted molar refractivity (Wildman–Crippen MR) is 137 cm³/mol. The summed E-state index contributed by atoms with van der Waals surface area (Å²) in [4.78, 5) is 20.2. The lowest BCUT2D eigenvalue weighted by atomic mass is 9.97. The first kappa shape index (κ1) is 22.3. The number of aryl methyl sites for hydroxylation is 1. The first-order chi connectivity index (χ1) is 17.0. The summed E-state index contributed by atoms with van der Waals surface area (Å²) in [6.45, 7) is 4.18. The Labute approximate surface area is 204 Å². The smallest absolute Gasteiger partial charge is 0.254 e. The van der Waals surface area contributed by atoms with Crippen LogP contribution in [0.5, 0.6) is 0 Å². The van der Waals surface area contributed by atoms with E-state index in [1.165, 1.54) is 23.7 Å². The monoisotopic (exact) mass is 473 g/mol. The Morgan fingerprint density at radius 3 is 2.80 bits per heavy atom. The first-order valence-corrected chi connectivity index (χ1v) is 12.7. The summed E-state index contributed by atoms with van der Waals surface area (Å²) >= 11 is 0. The third-order valence-electron chi connectivity index (χ3n) is 7.53. The lowest BCUT2D eigenvalue weighted by molar-refractivity contribution is 0.0725. The highest BCUT2D eigenvalue weighted by molar-refractivity contribution is 6.00. The number of carbonyl (C=O) groups is 1. The lowest BCUT2D eigenvalue weighted by Crippen LogP contribution is -2.45. The molecule has 0 spiro atoms. The van der Waals surface area contributed by atoms with Gasteiger partial charge in [0.1, 0.15) is 6.67 Å². The van der Waals surface area contributed by atoms with Crippen molar-refractivity contribution < 1.29 is 9.18 Å². The molecule has 2 aromatic heterocycles. The fraction of sp³-hybridized carbons (Fsp3) is 0.429. The first-order valence-electron chi connectivity index (χ1n) is 12.7. The van der Waals surface area contributed by atoms with Gasteiger partial charge in [-0.1, -0.05) is 18.2 Å². The van der Waals surface area contributed by atoms with Gasteiger partial charge in [0, 0.05) is 55.7 Å². The van der Waals surface area contributed by atoms with E-state index in [9.17, 15) is 9.18 Å². The Morgan fingerprint density at radius 2 is 2.00 bits per heavy atom. The maximum Gasteiger partial charge on any atom is 0.254 e. The summed E-state index contributed by atoms with van der Waals surface area (Å²) in [6, 6.07) is 15.0. The highest BCUT2D eigenvalue weighted by Crippen LogP contribution is 2.37. The number of halogens is 1. The third kappa shape index (κ3) is 4.01. The number of para-hydroxylation sites is 1. The minimum atomic E-state index is -0.402. The van der Waals surface area contributed by atoms with Crippen LogP contribution in [-0.2, 0) is 20.0 Å². The zero-order valence-corrected chi connectivity index (χ0v) is 20.4. The number of rotatable bonds is 8. The molecule has 1 atom stereocenters. The van der Waals surface area contributed by atoms with Crippen LogP contribution in [0.2, 0.25) is 0 Å². The van der Waals surface area contributed by atoms with Crippen LogP contribution >= 0.6 is 0 Å². The molecule has 1 fully saturated rings. The molecule has 6 nitrogen and oxygen atoms in total. The Hall–Kier alpha value is -3.19. The number of fused-ring (bicyclic) bond motifs is 3. The highest BCUT2D eigenvalue weighted by atomic mass is 19.1. The van der Waals surface area contributed by atoms with Gasteiger partial charge in [0.05, 0.1) is 16.7 Å². The minimum Gasteiger partial charge on any atom is -0.338 e. The van der Waals surface area contributed by atoms with Crippen molar-refractivity contribution in [1.82, 2.24) is 24.3 Å². The van der Waals surface area contributed by atoms with Crippen LogP contribution < -0.4 is 5.32 Å². The Balaban J connectivity index is 1.38. The molecule has 2 aromatic carbocycles. The van der Waals surface area contributed by atoms with E-state index in [2.05, 4.69) is 57.9 Å². The van der Waals surface area contributed by atoms with Gasteiger partial charge in [-0.15, -0.1) is 0 Å². The van der Waals surface area contributed by atoms with Crippen LogP contribution in [-0.4, -0.2) is 57.3 Å². The second-order valence-corrected chi connectivity index (χ2v) is 10.2. The number of nitrogens with one attached hydrogen (secondary N) is 1. The van der Waals surface area contributed by atoms with E-state index >= 15 is 0 Å². The number of imidazole rings is 1. The van der Waals surface area contributed by atoms with E-state index < -0.39 is 6.67 Å². The molecule has 0 saturated heterocycles. The molecular formula is C28H32FN5O. The molecular weight excluding hydrogens is 441 g/mol. The number of nitrogens with zero attached hydrogens (tertiary/aromatic N) is 4. The minimum absolute atomic E-state index is 0.0390. The molecule has 1 N–H and O–H groups in total. The van der Waals surface area contributed by atoms with E-state index in [0.717, 1.165) is 52.6 Å². The van der Waals surface area contributed by atoms with Gasteiger partial charge in [0.25, 0.3) is 5.91 Å². The average Bonchev–Trinajstić information content (AvgIpc) is 3.54. The van der Waals surface area contributed by atoms with Gasteiger partial charge in [-0.05, 0) is 61.9 Å². The molecule has 1 saturated carbocycles. The second-order valence-electron chi connectivity index (χ2n) is 10.2. The predicted octanol–water partition coefficient (Wildman–Crippen LogP) is 4.55. The molecule has 1 aliphatic carbocycles. The molecule has 1 amide bonds. The lowest BCUT2D eigenvalue weighted by Gasteiger charge is -2.31. The third-order valence-corrected chi connectivity index (χ3v) is 7.53. The van der Waals surface area contributed by atoms with Crippen LogP contribution in [0.3, 0.4) is 0 Å². The quantitative estimate of drug-likeness (QED) is 0.409. The van der Waals surface area contributed by atoms with Crippen molar-refractivity contribution in [2.24, 2.45) is 13.0 Å². The maximum atomic E-state index is 13.3. The number of aromatic nitrogens is 3. The SMILES string of the molecule is C[C@H](CN1CCc2cc3c(cc2C1=O)nc(-c1cc2ccccc2n1CC1CC1)n3C)NCCF. The summed E-state index contributed by atoms with van der Waals surface area (Å²) in [5.74, 6) is 1.72. The topological polar surface area (TPSA) is 55.1 Å². The van der Waals surface area contributed by atoms with E-state index in [0.29, 0.717) is 19.6 Å². The average molecular weight is 474 g/mol. The number of amides is 1. The van der Waals surface area contributed by atoms with Gasteiger partial charge in [-0.2, -0.15) is 0 Å². The van der Waals surface area contributed by atoms with Gasteiger partial charge in [0.15, 0.2) is 5.82 Å². The molecule has 0 unspecified atom stereocenters. The fourth-order valence-electron chi connectivity index (χ4n) is 5.47. The molecule has 0 bridgehead atoms. The van der Waals surface area contributed by atoms with Crippen molar-refractivity contribution in [2.75, 3.05) is 26.3 Å². The van der Waals surface area contributed by atoms with Crippen molar-refractivity contribution in [3.05, 3.63) is 53.6 Å². The summed E-state index contributed by atoms with van der Waals surface area (Å²) in [5, 5.41) is 4.36. The van der Waals surface area contributed by atoms with Crippen molar-refractivity contribution in [3.8, 4) is 11.5 Å². The molecule has 2 aliphatic rings. The van der Waals surface area contributed by atoms with Gasteiger partial charge >= 0.3 is 0 Å². The zero-order chi connectivity index (χ0) is 24.1. The van der Waals surface area contributed by atoms with Crippen molar-refractivity contribution >= 4 is 27.8 Å². The maximum absolute atomic E-state index is 13.3. The number of carbonyl (C=O) groups excluding carboxylic acids is 1. The van der Waals surface area contributed by atoms with Gasteiger partial charge in [0.2, 0.25) is 0 Å². The summed E-state index contributed by atoms with van der Waals surface area (Å²) in [5.41, 5.74) is 6.11. The van der Waals surface area contributed by atoms with Gasteiger partial charge in [-0.3, -0.25) is 4.79 Å². The van der Waals surface area contributed by atoms with Crippen LogP contribution in [0, 0.1) is 5.92 Å². The Morgan fingerprint density at radius 1 is 1.17 bits per heavy atom.